The molecular formula is C9H16O3. The maximum Gasteiger partial charge on any atom is 0.309 e. The Hall–Kier alpha value is -0.570. The third-order valence-electron chi connectivity index (χ3n) is 2.34. The van der Waals surface area contributed by atoms with Crippen LogP contribution in [0.3, 0.4) is 0 Å². The monoisotopic (exact) mass is 172 g/mol. The van der Waals surface area contributed by atoms with Gasteiger partial charge in [-0.3, -0.25) is 4.79 Å². The van der Waals surface area contributed by atoms with Crippen molar-refractivity contribution >= 4 is 5.97 Å². The molecule has 0 unspecified atom stereocenters. The van der Waals surface area contributed by atoms with E-state index in [0.717, 1.165) is 12.8 Å². The fourth-order valence-corrected chi connectivity index (χ4v) is 1.21. The molecule has 1 rings (SSSR count). The quantitative estimate of drug-likeness (QED) is 0.686. The highest BCUT2D eigenvalue weighted by atomic mass is 16.5. The average Bonchev–Trinajstić information content (AvgIpc) is 2.68. The van der Waals surface area contributed by atoms with Crippen LogP contribution in [0.25, 0.3) is 0 Å². The maximum atomic E-state index is 10.7. The minimum Gasteiger partial charge on any atom is -0.481 e. The number of carbonyl (C=O) groups is 1. The standard InChI is InChI=1S/C9H16O3/c1-7(2)12-6-5-9(3-4-9)8(10)11/h7H,3-6H2,1-2H3,(H,10,11). The van der Waals surface area contributed by atoms with Crippen LogP contribution in [0.1, 0.15) is 33.1 Å². The fourth-order valence-electron chi connectivity index (χ4n) is 1.21. The Morgan fingerprint density at radius 1 is 1.58 bits per heavy atom. The number of aliphatic carboxylic acids is 1. The Morgan fingerprint density at radius 3 is 2.50 bits per heavy atom. The summed E-state index contributed by atoms with van der Waals surface area (Å²) in [4.78, 5) is 10.7. The predicted molar refractivity (Wildman–Crippen MR) is 45.0 cm³/mol. The van der Waals surface area contributed by atoms with Gasteiger partial charge in [0.25, 0.3) is 0 Å². The van der Waals surface area contributed by atoms with Crippen LogP contribution in [0.4, 0.5) is 0 Å². The van der Waals surface area contributed by atoms with Crippen molar-refractivity contribution in [1.29, 1.82) is 0 Å². The topological polar surface area (TPSA) is 46.5 Å². The van der Waals surface area contributed by atoms with Crippen molar-refractivity contribution in [2.45, 2.75) is 39.2 Å². The molecule has 1 N–H and O–H groups in total. The summed E-state index contributed by atoms with van der Waals surface area (Å²) >= 11 is 0. The minimum atomic E-state index is -0.658. The van der Waals surface area contributed by atoms with Crippen molar-refractivity contribution in [1.82, 2.24) is 0 Å². The molecule has 0 aliphatic heterocycles. The number of carboxylic acids is 1. The molecule has 1 saturated carbocycles. The number of hydrogen-bond donors (Lipinski definition) is 1. The van der Waals surface area contributed by atoms with Crippen LogP contribution >= 0.6 is 0 Å². The molecular weight excluding hydrogens is 156 g/mol. The van der Waals surface area contributed by atoms with Crippen LogP contribution in [0.2, 0.25) is 0 Å². The first-order chi connectivity index (χ1) is 5.57. The molecule has 1 aliphatic carbocycles. The lowest BCUT2D eigenvalue weighted by Crippen LogP contribution is -2.18. The molecule has 0 aromatic heterocycles. The van der Waals surface area contributed by atoms with Crippen molar-refractivity contribution in [2.24, 2.45) is 5.41 Å². The first-order valence-corrected chi connectivity index (χ1v) is 4.42. The second-order valence-corrected chi connectivity index (χ2v) is 3.76. The van der Waals surface area contributed by atoms with Gasteiger partial charge in [-0.1, -0.05) is 0 Å². The predicted octanol–water partition coefficient (Wildman–Crippen LogP) is 1.67. The van der Waals surface area contributed by atoms with E-state index in [-0.39, 0.29) is 6.10 Å². The van der Waals surface area contributed by atoms with Crippen LogP contribution in [-0.2, 0) is 9.53 Å². The van der Waals surface area contributed by atoms with E-state index in [0.29, 0.717) is 13.0 Å². The van der Waals surface area contributed by atoms with Crippen LogP contribution in [-0.4, -0.2) is 23.8 Å². The van der Waals surface area contributed by atoms with E-state index in [1.54, 1.807) is 0 Å². The van der Waals surface area contributed by atoms with Gasteiger partial charge in [0.15, 0.2) is 0 Å². The van der Waals surface area contributed by atoms with Gasteiger partial charge in [-0.05, 0) is 33.1 Å². The van der Waals surface area contributed by atoms with E-state index in [2.05, 4.69) is 0 Å². The minimum absolute atomic E-state index is 0.203. The van der Waals surface area contributed by atoms with E-state index in [1.807, 2.05) is 13.8 Å². The molecule has 0 aromatic carbocycles. The van der Waals surface area contributed by atoms with E-state index in [9.17, 15) is 4.79 Å². The molecule has 0 heterocycles. The summed E-state index contributed by atoms with van der Waals surface area (Å²) in [5, 5.41) is 8.81. The van der Waals surface area contributed by atoms with E-state index < -0.39 is 11.4 Å². The van der Waals surface area contributed by atoms with Crippen LogP contribution < -0.4 is 0 Å². The van der Waals surface area contributed by atoms with Crippen molar-refractivity contribution in [3.05, 3.63) is 0 Å². The highest BCUT2D eigenvalue weighted by Crippen LogP contribution is 2.48. The Kier molecular flexibility index (Phi) is 2.73. The van der Waals surface area contributed by atoms with Gasteiger partial charge in [0, 0.05) is 6.61 Å². The summed E-state index contributed by atoms with van der Waals surface area (Å²) in [7, 11) is 0. The lowest BCUT2D eigenvalue weighted by molar-refractivity contribution is -0.144. The molecule has 70 valence electrons. The van der Waals surface area contributed by atoms with Gasteiger partial charge in [0.05, 0.1) is 11.5 Å². The lowest BCUT2D eigenvalue weighted by Gasteiger charge is -2.11. The van der Waals surface area contributed by atoms with E-state index in [1.165, 1.54) is 0 Å². The van der Waals surface area contributed by atoms with Crippen LogP contribution in [0.5, 0.6) is 0 Å². The first-order valence-electron chi connectivity index (χ1n) is 4.42. The summed E-state index contributed by atoms with van der Waals surface area (Å²) < 4.78 is 5.30. The Bertz CT molecular complexity index is 171. The molecule has 0 bridgehead atoms. The fraction of sp³-hybridized carbons (Fsp3) is 0.889. The Balaban J connectivity index is 2.19. The van der Waals surface area contributed by atoms with Gasteiger partial charge in [-0.25, -0.2) is 0 Å². The Morgan fingerprint density at radius 2 is 2.17 bits per heavy atom. The van der Waals surface area contributed by atoms with Gasteiger partial charge < -0.3 is 9.84 Å². The van der Waals surface area contributed by atoms with Gasteiger partial charge in [-0.15, -0.1) is 0 Å². The smallest absolute Gasteiger partial charge is 0.309 e. The van der Waals surface area contributed by atoms with Crippen molar-refractivity contribution in [3.63, 3.8) is 0 Å². The number of hydrogen-bond acceptors (Lipinski definition) is 2. The highest BCUT2D eigenvalue weighted by molar-refractivity contribution is 5.77. The Labute approximate surface area is 72.7 Å². The van der Waals surface area contributed by atoms with E-state index >= 15 is 0 Å². The summed E-state index contributed by atoms with van der Waals surface area (Å²) in [6, 6.07) is 0. The molecule has 3 heteroatoms. The third-order valence-corrected chi connectivity index (χ3v) is 2.34. The molecule has 0 amide bonds. The molecule has 0 spiro atoms. The summed E-state index contributed by atoms with van der Waals surface area (Å²) in [5.74, 6) is -0.658. The summed E-state index contributed by atoms with van der Waals surface area (Å²) in [6.07, 6.45) is 2.52. The first kappa shape index (κ1) is 9.52. The summed E-state index contributed by atoms with van der Waals surface area (Å²) in [6.45, 7) is 4.49. The molecule has 1 fully saturated rings. The van der Waals surface area contributed by atoms with Gasteiger partial charge in [0.1, 0.15) is 0 Å². The lowest BCUT2D eigenvalue weighted by atomic mass is 10.0. The zero-order chi connectivity index (χ0) is 9.19. The molecule has 0 atom stereocenters. The third kappa shape index (κ3) is 2.21. The SMILES string of the molecule is CC(C)OCCC1(C(=O)O)CC1. The normalized spacial score (nSPS) is 19.6. The van der Waals surface area contributed by atoms with Gasteiger partial charge in [-0.2, -0.15) is 0 Å². The zero-order valence-corrected chi connectivity index (χ0v) is 7.67. The van der Waals surface area contributed by atoms with E-state index in [4.69, 9.17) is 9.84 Å². The maximum absolute atomic E-state index is 10.7. The molecule has 0 saturated heterocycles. The molecule has 0 aromatic rings. The largest absolute Gasteiger partial charge is 0.481 e. The number of rotatable bonds is 5. The van der Waals surface area contributed by atoms with Crippen LogP contribution in [0, 0.1) is 5.41 Å². The molecule has 12 heavy (non-hydrogen) atoms. The summed E-state index contributed by atoms with van der Waals surface area (Å²) in [5.41, 5.74) is -0.422. The second-order valence-electron chi connectivity index (χ2n) is 3.76. The number of carboxylic acid groups (broad SMARTS) is 1. The van der Waals surface area contributed by atoms with Crippen molar-refractivity contribution in [3.8, 4) is 0 Å². The van der Waals surface area contributed by atoms with Gasteiger partial charge >= 0.3 is 5.97 Å². The molecule has 1 aliphatic rings. The van der Waals surface area contributed by atoms with Gasteiger partial charge in [0.2, 0.25) is 0 Å². The van der Waals surface area contributed by atoms with Crippen LogP contribution in [0.15, 0.2) is 0 Å². The average molecular weight is 172 g/mol. The highest BCUT2D eigenvalue weighted by Gasteiger charge is 2.49. The number of ether oxygens (including phenoxy) is 1. The molecule has 3 nitrogen and oxygen atoms in total. The zero-order valence-electron chi connectivity index (χ0n) is 7.67. The second kappa shape index (κ2) is 3.44. The van der Waals surface area contributed by atoms with Crippen molar-refractivity contribution < 1.29 is 14.6 Å². The van der Waals surface area contributed by atoms with Crippen molar-refractivity contribution in [2.75, 3.05) is 6.61 Å². The molecule has 0 radical (unpaired) electrons.